The lowest BCUT2D eigenvalue weighted by Gasteiger charge is -2.50. The second kappa shape index (κ2) is 4.44. The van der Waals surface area contributed by atoms with Crippen LogP contribution in [0.5, 0.6) is 0 Å². The van der Waals surface area contributed by atoms with Crippen molar-refractivity contribution in [1.82, 2.24) is 5.01 Å². The van der Waals surface area contributed by atoms with Crippen molar-refractivity contribution < 1.29 is 9.53 Å². The van der Waals surface area contributed by atoms with Crippen molar-refractivity contribution in [3.8, 4) is 0 Å². The Bertz CT molecular complexity index is 279. The summed E-state index contributed by atoms with van der Waals surface area (Å²) in [6, 6.07) is 0. The predicted molar refractivity (Wildman–Crippen MR) is 64.4 cm³/mol. The number of carbonyl (C=O) groups is 1. The van der Waals surface area contributed by atoms with Crippen LogP contribution < -0.4 is 0 Å². The minimum absolute atomic E-state index is 0.00767. The van der Waals surface area contributed by atoms with Crippen LogP contribution in [0.4, 0.5) is 0 Å². The molecule has 0 radical (unpaired) electrons. The normalized spacial score (nSPS) is 23.4. The van der Waals surface area contributed by atoms with Crippen LogP contribution in [0.2, 0.25) is 0 Å². The Morgan fingerprint density at radius 2 is 1.75 bits per heavy atom. The van der Waals surface area contributed by atoms with Gasteiger partial charge in [-0.1, -0.05) is 0 Å². The highest BCUT2D eigenvalue weighted by molar-refractivity contribution is 6.22. The first-order chi connectivity index (χ1) is 7.29. The summed E-state index contributed by atoms with van der Waals surface area (Å²) in [5, 5.41) is 6.32. The van der Waals surface area contributed by atoms with Crippen LogP contribution in [-0.2, 0) is 9.53 Å². The molecule has 1 aliphatic rings. The monoisotopic (exact) mass is 226 g/mol. The average Bonchev–Trinajstić information content (AvgIpc) is 2.14. The molecule has 0 N–H and O–H groups in total. The zero-order valence-electron chi connectivity index (χ0n) is 10.9. The van der Waals surface area contributed by atoms with E-state index in [1.165, 1.54) is 19.7 Å². The van der Waals surface area contributed by atoms with Gasteiger partial charge in [-0.25, -0.2) is 4.79 Å². The summed E-state index contributed by atoms with van der Waals surface area (Å²) in [6.45, 7) is 8.62. The van der Waals surface area contributed by atoms with Gasteiger partial charge >= 0.3 is 5.97 Å². The van der Waals surface area contributed by atoms with Gasteiger partial charge < -0.3 is 4.74 Å². The van der Waals surface area contributed by atoms with Gasteiger partial charge in [0, 0.05) is 0 Å². The number of hydrogen-bond acceptors (Lipinski definition) is 4. The highest BCUT2D eigenvalue weighted by atomic mass is 16.5. The maximum absolute atomic E-state index is 11.1. The topological polar surface area (TPSA) is 41.9 Å². The van der Waals surface area contributed by atoms with E-state index in [9.17, 15) is 4.79 Å². The molecule has 4 heteroatoms. The molecule has 16 heavy (non-hydrogen) atoms. The maximum atomic E-state index is 11.1. The van der Waals surface area contributed by atoms with Gasteiger partial charge in [0.2, 0.25) is 0 Å². The smallest absolute Gasteiger partial charge is 0.350 e. The van der Waals surface area contributed by atoms with Gasteiger partial charge in [-0.15, -0.1) is 0 Å². The highest BCUT2D eigenvalue weighted by Gasteiger charge is 2.40. The lowest BCUT2D eigenvalue weighted by molar-refractivity contribution is -0.132. The van der Waals surface area contributed by atoms with Crippen molar-refractivity contribution in [2.75, 3.05) is 7.11 Å². The third-order valence-corrected chi connectivity index (χ3v) is 3.20. The Morgan fingerprint density at radius 1 is 1.25 bits per heavy atom. The quantitative estimate of drug-likeness (QED) is 0.535. The maximum Gasteiger partial charge on any atom is 0.350 e. The number of rotatable bonds is 2. The summed E-state index contributed by atoms with van der Waals surface area (Å²) < 4.78 is 4.56. The van der Waals surface area contributed by atoms with E-state index < -0.39 is 5.97 Å². The molecule has 1 heterocycles. The van der Waals surface area contributed by atoms with Crippen LogP contribution >= 0.6 is 0 Å². The molecule has 0 saturated carbocycles. The van der Waals surface area contributed by atoms with Crippen molar-refractivity contribution >= 4 is 12.2 Å². The van der Waals surface area contributed by atoms with Crippen LogP contribution in [0.3, 0.4) is 0 Å². The van der Waals surface area contributed by atoms with Crippen molar-refractivity contribution in [3.05, 3.63) is 0 Å². The van der Waals surface area contributed by atoms with E-state index >= 15 is 0 Å². The van der Waals surface area contributed by atoms with Crippen LogP contribution in [0, 0.1) is 0 Å². The molecule has 0 amide bonds. The minimum atomic E-state index is -0.405. The Balaban J connectivity index is 2.87. The van der Waals surface area contributed by atoms with Gasteiger partial charge in [-0.3, -0.25) is 5.01 Å². The number of esters is 1. The second-order valence-corrected chi connectivity index (χ2v) is 5.56. The first-order valence-corrected chi connectivity index (χ1v) is 5.72. The second-order valence-electron chi connectivity index (χ2n) is 5.56. The van der Waals surface area contributed by atoms with Crippen LogP contribution in [0.1, 0.15) is 47.0 Å². The standard InChI is InChI=1S/C12H22N2O2/c1-11(2)7-6-8-12(3,4)14(11)13-9-10(15)16-5/h9H,6-8H2,1-5H3/b13-9+. The van der Waals surface area contributed by atoms with E-state index in [-0.39, 0.29) is 11.1 Å². The molecular weight excluding hydrogens is 204 g/mol. The van der Waals surface area contributed by atoms with Crippen molar-refractivity contribution in [2.24, 2.45) is 5.10 Å². The van der Waals surface area contributed by atoms with Gasteiger partial charge in [0.1, 0.15) is 6.21 Å². The average molecular weight is 226 g/mol. The number of ether oxygens (including phenoxy) is 1. The molecule has 1 rings (SSSR count). The summed E-state index contributed by atoms with van der Waals surface area (Å²) in [4.78, 5) is 11.1. The third-order valence-electron chi connectivity index (χ3n) is 3.20. The fourth-order valence-electron chi connectivity index (χ4n) is 2.45. The number of carbonyl (C=O) groups excluding carboxylic acids is 1. The molecule has 0 bridgehead atoms. The summed E-state index contributed by atoms with van der Waals surface area (Å²) in [5.74, 6) is -0.405. The molecule has 0 unspecified atom stereocenters. The van der Waals surface area contributed by atoms with Gasteiger partial charge in [-0.2, -0.15) is 5.10 Å². The Kier molecular flexibility index (Phi) is 3.61. The summed E-state index contributed by atoms with van der Waals surface area (Å²) in [6.07, 6.45) is 4.64. The number of methoxy groups -OCH3 is 1. The molecule has 92 valence electrons. The zero-order chi connectivity index (χ0) is 12.4. The lowest BCUT2D eigenvalue weighted by Crippen LogP contribution is -2.55. The van der Waals surface area contributed by atoms with Gasteiger partial charge in [0.15, 0.2) is 0 Å². The van der Waals surface area contributed by atoms with Crippen molar-refractivity contribution in [3.63, 3.8) is 0 Å². The molecule has 1 fully saturated rings. The molecule has 1 aliphatic heterocycles. The van der Waals surface area contributed by atoms with Gasteiger partial charge in [0.25, 0.3) is 0 Å². The number of nitrogens with zero attached hydrogens (tertiary/aromatic N) is 2. The van der Waals surface area contributed by atoms with E-state index in [1.54, 1.807) is 0 Å². The molecule has 0 atom stereocenters. The SMILES string of the molecule is COC(=O)/C=N/N1C(C)(C)CCCC1(C)C. The van der Waals surface area contributed by atoms with E-state index in [0.717, 1.165) is 12.8 Å². The summed E-state index contributed by atoms with van der Waals surface area (Å²) >= 11 is 0. The van der Waals surface area contributed by atoms with Gasteiger partial charge in [0.05, 0.1) is 18.2 Å². The molecule has 0 spiro atoms. The van der Waals surface area contributed by atoms with E-state index in [2.05, 4.69) is 37.5 Å². The van der Waals surface area contributed by atoms with Crippen LogP contribution in [0.15, 0.2) is 5.10 Å². The summed E-state index contributed by atoms with van der Waals surface area (Å²) in [5.41, 5.74) is -0.0153. The Hall–Kier alpha value is -1.06. The highest BCUT2D eigenvalue weighted by Crippen LogP contribution is 2.38. The Morgan fingerprint density at radius 3 is 2.19 bits per heavy atom. The van der Waals surface area contributed by atoms with E-state index in [0.29, 0.717) is 0 Å². The lowest BCUT2D eigenvalue weighted by atomic mass is 9.82. The molecule has 4 nitrogen and oxygen atoms in total. The molecule has 1 saturated heterocycles. The van der Waals surface area contributed by atoms with Gasteiger partial charge in [-0.05, 0) is 47.0 Å². The number of piperidine rings is 1. The van der Waals surface area contributed by atoms with E-state index in [1.807, 2.05) is 5.01 Å². The molecule has 0 aromatic rings. The van der Waals surface area contributed by atoms with Crippen molar-refractivity contribution in [1.29, 1.82) is 0 Å². The first-order valence-electron chi connectivity index (χ1n) is 5.72. The summed E-state index contributed by atoms with van der Waals surface area (Å²) in [7, 11) is 1.36. The molecule has 0 aliphatic carbocycles. The third kappa shape index (κ3) is 2.74. The molecular formula is C12H22N2O2. The fraction of sp³-hybridized carbons (Fsp3) is 0.833. The minimum Gasteiger partial charge on any atom is -0.465 e. The largest absolute Gasteiger partial charge is 0.465 e. The number of hydrogen-bond donors (Lipinski definition) is 0. The fourth-order valence-corrected chi connectivity index (χ4v) is 2.45. The predicted octanol–water partition coefficient (Wildman–Crippen LogP) is 2.19. The van der Waals surface area contributed by atoms with Crippen molar-refractivity contribution in [2.45, 2.75) is 58.0 Å². The Labute approximate surface area is 97.6 Å². The molecule has 0 aromatic carbocycles. The van der Waals surface area contributed by atoms with Crippen LogP contribution in [-0.4, -0.2) is 35.4 Å². The first kappa shape index (κ1) is 13.0. The zero-order valence-corrected chi connectivity index (χ0v) is 10.9. The molecule has 0 aromatic heterocycles. The number of hydrazone groups is 1. The van der Waals surface area contributed by atoms with Crippen LogP contribution in [0.25, 0.3) is 0 Å². The van der Waals surface area contributed by atoms with E-state index in [4.69, 9.17) is 0 Å².